The molecule has 332 valence electrons. The minimum Gasteiger partial charge on any atom is -0.481 e. The van der Waals surface area contributed by atoms with E-state index in [0.717, 1.165) is 48.3 Å². The first-order valence-corrected chi connectivity index (χ1v) is 22.7. The van der Waals surface area contributed by atoms with Crippen LogP contribution in [0.3, 0.4) is 0 Å². The number of thiophene rings is 1. The fourth-order valence-electron chi connectivity index (χ4n) is 8.27. The van der Waals surface area contributed by atoms with Crippen molar-refractivity contribution in [2.75, 3.05) is 6.54 Å². The van der Waals surface area contributed by atoms with E-state index in [1.54, 1.807) is 33.6 Å². The number of aryl methyl sites for hydroxylation is 3. The Hall–Kier alpha value is -6.37. The highest BCUT2D eigenvalue weighted by Gasteiger charge is 2.45. The number of aliphatic carboxylic acids is 1. The van der Waals surface area contributed by atoms with Crippen molar-refractivity contribution in [2.45, 2.75) is 98.5 Å². The first-order valence-electron chi connectivity index (χ1n) is 21.0. The zero-order chi connectivity index (χ0) is 45.8. The zero-order valence-electron chi connectivity index (χ0n) is 36.8. The summed E-state index contributed by atoms with van der Waals surface area (Å²) in [6, 6.07) is 12.2. The fourth-order valence-corrected chi connectivity index (χ4v) is 10.3. The molecule has 0 spiro atoms. The summed E-state index contributed by atoms with van der Waals surface area (Å²) in [5.74, 6) is -1.28. The molecule has 0 aliphatic carbocycles. The Morgan fingerprint density at radius 3 is 2.31 bits per heavy atom. The Kier molecular flexibility index (Phi) is 12.0. The number of aliphatic imine (C=N–C) groups is 1. The zero-order valence-corrected chi connectivity index (χ0v) is 38.4. The monoisotopic (exact) mass is 902 g/mol. The summed E-state index contributed by atoms with van der Waals surface area (Å²) in [4.78, 5) is 66.9. The van der Waals surface area contributed by atoms with Gasteiger partial charge in [-0.25, -0.2) is 9.67 Å². The van der Waals surface area contributed by atoms with Gasteiger partial charge in [0, 0.05) is 35.2 Å². The average molecular weight is 903 g/mol. The quantitative estimate of drug-likeness (QED) is 0.115. The van der Waals surface area contributed by atoms with Crippen molar-refractivity contribution in [1.82, 2.24) is 45.1 Å². The normalized spacial score (nSPS) is 18.1. The van der Waals surface area contributed by atoms with Crippen molar-refractivity contribution in [3.05, 3.63) is 116 Å². The number of aliphatic hydroxyl groups is 1. The largest absolute Gasteiger partial charge is 0.481 e. The number of amides is 3. The smallest absolute Gasteiger partial charge is 0.306 e. The van der Waals surface area contributed by atoms with Crippen LogP contribution < -0.4 is 10.6 Å². The van der Waals surface area contributed by atoms with Crippen molar-refractivity contribution >= 4 is 52.1 Å². The molecular formula is C46H50N10O6S2. The van der Waals surface area contributed by atoms with Crippen molar-refractivity contribution < 1.29 is 29.4 Å². The molecule has 64 heavy (non-hydrogen) atoms. The summed E-state index contributed by atoms with van der Waals surface area (Å²) in [7, 11) is 0. The highest BCUT2D eigenvalue weighted by molar-refractivity contribution is 7.15. The Balaban J connectivity index is 0.975. The third-order valence-electron chi connectivity index (χ3n) is 11.9. The van der Waals surface area contributed by atoms with Gasteiger partial charge in [0.25, 0.3) is 5.91 Å². The Morgan fingerprint density at radius 2 is 1.66 bits per heavy atom. The number of β-amino-alcohol motifs (C(OH)–C–C–N with tert-alkyl or cyclic N) is 1. The lowest BCUT2D eigenvalue weighted by atomic mass is 9.85. The number of hydrogen-bond donors (Lipinski definition) is 4. The molecule has 6 heterocycles. The molecule has 5 atom stereocenters. The molecule has 3 amide bonds. The second-order valence-corrected chi connectivity index (χ2v) is 19.6. The van der Waals surface area contributed by atoms with Crippen LogP contribution in [0.4, 0.5) is 0 Å². The van der Waals surface area contributed by atoms with E-state index in [0.29, 0.717) is 23.0 Å². The molecule has 0 saturated carbocycles. The van der Waals surface area contributed by atoms with E-state index in [4.69, 9.17) is 4.99 Å². The van der Waals surface area contributed by atoms with Gasteiger partial charge in [-0.3, -0.25) is 28.7 Å². The van der Waals surface area contributed by atoms with Gasteiger partial charge in [0.2, 0.25) is 11.8 Å². The van der Waals surface area contributed by atoms with Crippen LogP contribution in [0.1, 0.15) is 107 Å². The number of benzene rings is 2. The highest BCUT2D eigenvalue weighted by Crippen LogP contribution is 2.40. The fraction of sp³-hybridized carbons (Fsp3) is 0.370. The van der Waals surface area contributed by atoms with Crippen LogP contribution in [0.25, 0.3) is 21.1 Å². The number of carboxylic acids is 1. The summed E-state index contributed by atoms with van der Waals surface area (Å²) in [5.41, 5.74) is 8.11. The topological polar surface area (TPSA) is 210 Å². The maximum absolute atomic E-state index is 14.3. The number of carbonyl (C=O) groups excluding carboxylic acids is 3. The van der Waals surface area contributed by atoms with Gasteiger partial charge >= 0.3 is 5.97 Å². The van der Waals surface area contributed by atoms with Crippen LogP contribution in [-0.2, 0) is 14.4 Å². The van der Waals surface area contributed by atoms with Crippen LogP contribution in [0, 0.1) is 33.1 Å². The van der Waals surface area contributed by atoms with Gasteiger partial charge in [0.15, 0.2) is 5.82 Å². The SMILES string of the molecule is Cc1ncsc1-c1ccc([C@H](C)NC(=O)[C@@H]2C[C@@H](O)CN2C(=O)[C@@H](NC(=O)c2cnn(-c3ccc(C4=N[C@@H](CC(=O)O)c5nnc(C)n5-c5sc(C)c(C)c54)cc3)c2)C(C)(C)C)cc1. The van der Waals surface area contributed by atoms with E-state index in [1.165, 1.54) is 11.1 Å². The van der Waals surface area contributed by atoms with Crippen LogP contribution in [-0.4, -0.2) is 98.8 Å². The van der Waals surface area contributed by atoms with Crippen molar-refractivity contribution in [3.63, 3.8) is 0 Å². The maximum Gasteiger partial charge on any atom is 0.306 e. The van der Waals surface area contributed by atoms with Crippen molar-refractivity contribution in [3.8, 4) is 21.1 Å². The van der Waals surface area contributed by atoms with Gasteiger partial charge in [-0.1, -0.05) is 57.2 Å². The molecule has 4 N–H and O–H groups in total. The second kappa shape index (κ2) is 17.3. The molecule has 16 nitrogen and oxygen atoms in total. The third kappa shape index (κ3) is 8.52. The second-order valence-electron chi connectivity index (χ2n) is 17.5. The number of aliphatic hydroxyl groups excluding tert-OH is 1. The van der Waals surface area contributed by atoms with Crippen LogP contribution in [0.2, 0.25) is 0 Å². The number of nitrogens with zero attached hydrogens (tertiary/aromatic N) is 8. The van der Waals surface area contributed by atoms with Crippen molar-refractivity contribution in [2.24, 2.45) is 10.4 Å². The van der Waals surface area contributed by atoms with Gasteiger partial charge < -0.3 is 25.7 Å². The number of aromatic nitrogens is 6. The van der Waals surface area contributed by atoms with E-state index in [2.05, 4.69) is 30.9 Å². The molecule has 18 heteroatoms. The summed E-state index contributed by atoms with van der Waals surface area (Å²) >= 11 is 3.15. The maximum atomic E-state index is 14.3. The number of thiazole rings is 1. The van der Waals surface area contributed by atoms with Gasteiger partial charge in [-0.05, 0) is 68.9 Å². The van der Waals surface area contributed by atoms with Gasteiger partial charge in [-0.2, -0.15) is 5.10 Å². The van der Waals surface area contributed by atoms with Crippen LogP contribution in [0.15, 0.2) is 71.4 Å². The molecule has 2 aliphatic rings. The van der Waals surface area contributed by atoms with E-state index >= 15 is 0 Å². The molecule has 0 radical (unpaired) electrons. The molecule has 1 saturated heterocycles. The number of fused-ring (bicyclic) bond motifs is 3. The number of carbonyl (C=O) groups is 4. The highest BCUT2D eigenvalue weighted by atomic mass is 32.1. The Labute approximate surface area is 378 Å². The van der Waals surface area contributed by atoms with Gasteiger partial charge in [0.05, 0.1) is 57.8 Å². The lowest BCUT2D eigenvalue weighted by Gasteiger charge is -2.35. The van der Waals surface area contributed by atoms with E-state index in [9.17, 15) is 29.4 Å². The molecule has 0 unspecified atom stereocenters. The third-order valence-corrected chi connectivity index (χ3v) is 14.1. The number of likely N-dealkylation sites (tertiary alicyclic amines) is 1. The summed E-state index contributed by atoms with van der Waals surface area (Å²) in [5, 5.41) is 40.4. The molecule has 0 bridgehead atoms. The van der Waals surface area contributed by atoms with Gasteiger partial charge in [0.1, 0.15) is 29.0 Å². The number of rotatable bonds is 11. The molecule has 4 aromatic heterocycles. The molecule has 8 rings (SSSR count). The lowest BCUT2D eigenvalue weighted by Crippen LogP contribution is -2.57. The summed E-state index contributed by atoms with van der Waals surface area (Å²) in [6.07, 6.45) is 1.89. The van der Waals surface area contributed by atoms with Crippen LogP contribution in [0.5, 0.6) is 0 Å². The first kappa shape index (κ1) is 44.2. The molecule has 6 aromatic rings. The van der Waals surface area contributed by atoms with Crippen molar-refractivity contribution in [1.29, 1.82) is 0 Å². The average Bonchev–Trinajstić information content (AvgIpc) is 4.10. The number of carboxylic acid groups (broad SMARTS) is 1. The minimum atomic E-state index is -1.04. The van der Waals surface area contributed by atoms with E-state index in [-0.39, 0.29) is 31.0 Å². The molecular weight excluding hydrogens is 853 g/mol. The molecule has 2 aromatic carbocycles. The van der Waals surface area contributed by atoms with Crippen LogP contribution >= 0.6 is 22.7 Å². The summed E-state index contributed by atoms with van der Waals surface area (Å²) in [6.45, 7) is 15.2. The van der Waals surface area contributed by atoms with Gasteiger partial charge in [-0.15, -0.1) is 32.9 Å². The standard InChI is InChI=1S/C46H50N10O6S2/c1-23-26(4)64-45-37(23)38(50-34(18-36(58)59)41-53-52-27(5)56(41)45)29-13-15-32(16-14-29)55-20-31(19-48-55)42(60)51-40(46(6,7)8)44(62)54-21-33(57)17-35(54)43(61)49-24(2)28-9-11-30(12-10-28)39-25(3)47-22-63-39/h9-16,19-20,22,24,33-35,40,57H,17-18,21H2,1-8H3,(H,49,61)(H,51,60)(H,58,59)/t24-,33+,34-,35-,40+/m0/s1. The Morgan fingerprint density at radius 1 is 0.953 bits per heavy atom. The number of nitrogens with one attached hydrogen (secondary N) is 2. The minimum absolute atomic E-state index is 0.0506. The molecule has 1 fully saturated rings. The predicted molar refractivity (Wildman–Crippen MR) is 243 cm³/mol. The molecule has 2 aliphatic heterocycles. The lowest BCUT2D eigenvalue weighted by molar-refractivity contribution is -0.142. The first-order chi connectivity index (χ1) is 30.4. The predicted octanol–water partition coefficient (Wildman–Crippen LogP) is 6.22. The van der Waals surface area contributed by atoms with E-state index in [1.807, 2.05) is 114 Å². The summed E-state index contributed by atoms with van der Waals surface area (Å²) < 4.78 is 3.46. The number of hydrogen-bond acceptors (Lipinski definition) is 12. The van der Waals surface area contributed by atoms with E-state index < -0.39 is 53.3 Å². The Bertz CT molecular complexity index is 2800.